The second kappa shape index (κ2) is 5.93. The van der Waals surface area contributed by atoms with Crippen molar-refractivity contribution in [1.29, 1.82) is 0 Å². The van der Waals surface area contributed by atoms with Gasteiger partial charge in [-0.3, -0.25) is 0 Å². The van der Waals surface area contributed by atoms with Crippen molar-refractivity contribution in [3.8, 4) is 0 Å². The summed E-state index contributed by atoms with van der Waals surface area (Å²) in [5, 5.41) is 3.09. The van der Waals surface area contributed by atoms with E-state index < -0.39 is 5.95 Å². The Balaban J connectivity index is 1.74. The summed E-state index contributed by atoms with van der Waals surface area (Å²) in [6, 6.07) is 4.77. The second-order valence-corrected chi connectivity index (χ2v) is 4.21. The molecule has 0 radical (unpaired) electrons. The van der Waals surface area contributed by atoms with Crippen LogP contribution >= 0.6 is 0 Å². The molecule has 0 aliphatic carbocycles. The van der Waals surface area contributed by atoms with E-state index in [0.717, 1.165) is 13.0 Å². The summed E-state index contributed by atoms with van der Waals surface area (Å²) in [5.74, 6) is 0.0519. The molecular weight excluding hydrogens is 223 g/mol. The molecule has 1 aromatic rings. The lowest BCUT2D eigenvalue weighted by molar-refractivity contribution is 0.0395. The third kappa shape index (κ3) is 3.94. The first-order valence-corrected chi connectivity index (χ1v) is 5.82. The van der Waals surface area contributed by atoms with E-state index in [2.05, 4.69) is 10.3 Å². The van der Waals surface area contributed by atoms with Gasteiger partial charge in [-0.05, 0) is 25.5 Å². The van der Waals surface area contributed by atoms with E-state index in [1.807, 2.05) is 6.92 Å². The van der Waals surface area contributed by atoms with Gasteiger partial charge in [0.15, 0.2) is 0 Å². The highest BCUT2D eigenvalue weighted by Crippen LogP contribution is 2.10. The SMILES string of the molecule is CC(COC1CCOC1)Nc1cccc(F)n1. The van der Waals surface area contributed by atoms with Gasteiger partial charge in [0, 0.05) is 12.6 Å². The Bertz CT molecular complexity index is 356. The number of nitrogens with zero attached hydrogens (tertiary/aromatic N) is 1. The van der Waals surface area contributed by atoms with Gasteiger partial charge in [0.25, 0.3) is 0 Å². The van der Waals surface area contributed by atoms with E-state index in [1.165, 1.54) is 6.07 Å². The van der Waals surface area contributed by atoms with E-state index in [-0.39, 0.29) is 12.1 Å². The summed E-state index contributed by atoms with van der Waals surface area (Å²) < 4.78 is 23.7. The molecule has 0 spiro atoms. The molecule has 0 aromatic carbocycles. The molecule has 1 aromatic heterocycles. The maximum absolute atomic E-state index is 12.9. The van der Waals surface area contributed by atoms with Crippen LogP contribution in [0.15, 0.2) is 18.2 Å². The van der Waals surface area contributed by atoms with Crippen molar-refractivity contribution in [2.75, 3.05) is 25.1 Å². The number of hydrogen-bond donors (Lipinski definition) is 1. The van der Waals surface area contributed by atoms with Gasteiger partial charge >= 0.3 is 0 Å². The van der Waals surface area contributed by atoms with E-state index in [1.54, 1.807) is 12.1 Å². The quantitative estimate of drug-likeness (QED) is 0.797. The Morgan fingerprint density at radius 3 is 3.24 bits per heavy atom. The van der Waals surface area contributed by atoms with Crippen LogP contribution in [0, 0.1) is 5.95 Å². The molecule has 2 atom stereocenters. The Labute approximate surface area is 100 Å². The molecule has 2 unspecified atom stereocenters. The van der Waals surface area contributed by atoms with Gasteiger partial charge in [0.2, 0.25) is 5.95 Å². The highest BCUT2D eigenvalue weighted by atomic mass is 19.1. The number of anilines is 1. The lowest BCUT2D eigenvalue weighted by atomic mass is 10.3. The molecule has 1 fully saturated rings. The average Bonchev–Trinajstić information content (AvgIpc) is 2.79. The molecule has 1 aliphatic rings. The number of halogens is 1. The Kier molecular flexibility index (Phi) is 4.28. The molecule has 0 bridgehead atoms. The molecule has 17 heavy (non-hydrogen) atoms. The predicted molar refractivity (Wildman–Crippen MR) is 62.5 cm³/mol. The first-order valence-electron chi connectivity index (χ1n) is 5.82. The lowest BCUT2D eigenvalue weighted by Gasteiger charge is -2.17. The summed E-state index contributed by atoms with van der Waals surface area (Å²) in [6.07, 6.45) is 1.14. The number of aromatic nitrogens is 1. The van der Waals surface area contributed by atoms with Crippen LogP contribution in [-0.2, 0) is 9.47 Å². The fourth-order valence-corrected chi connectivity index (χ4v) is 1.71. The van der Waals surface area contributed by atoms with Gasteiger partial charge in [-0.2, -0.15) is 4.39 Å². The van der Waals surface area contributed by atoms with Gasteiger partial charge < -0.3 is 14.8 Å². The van der Waals surface area contributed by atoms with Crippen molar-refractivity contribution in [1.82, 2.24) is 4.98 Å². The van der Waals surface area contributed by atoms with E-state index >= 15 is 0 Å². The third-order valence-corrected chi connectivity index (χ3v) is 2.58. The highest BCUT2D eigenvalue weighted by molar-refractivity contribution is 5.34. The second-order valence-electron chi connectivity index (χ2n) is 4.21. The molecule has 0 saturated carbocycles. The van der Waals surface area contributed by atoms with E-state index in [0.29, 0.717) is 19.0 Å². The number of rotatable bonds is 5. The standard InChI is InChI=1S/C12H17FN2O2/c1-9(7-17-10-5-6-16-8-10)14-12-4-2-3-11(13)15-12/h2-4,9-10H,5-8H2,1H3,(H,14,15). The molecule has 2 rings (SSSR count). The molecule has 2 heterocycles. The smallest absolute Gasteiger partial charge is 0.214 e. The zero-order valence-electron chi connectivity index (χ0n) is 9.86. The number of ether oxygens (including phenoxy) is 2. The van der Waals surface area contributed by atoms with Crippen LogP contribution in [0.3, 0.4) is 0 Å². The number of nitrogens with one attached hydrogen (secondary N) is 1. The third-order valence-electron chi connectivity index (χ3n) is 2.58. The summed E-state index contributed by atoms with van der Waals surface area (Å²) in [6.45, 7) is 3.98. The lowest BCUT2D eigenvalue weighted by Crippen LogP contribution is -2.26. The maximum Gasteiger partial charge on any atom is 0.214 e. The first kappa shape index (κ1) is 12.3. The molecule has 1 N–H and O–H groups in total. The van der Waals surface area contributed by atoms with Crippen molar-refractivity contribution < 1.29 is 13.9 Å². The zero-order chi connectivity index (χ0) is 12.1. The van der Waals surface area contributed by atoms with Gasteiger partial charge in [-0.25, -0.2) is 4.98 Å². The van der Waals surface area contributed by atoms with Gasteiger partial charge in [0.05, 0.1) is 19.3 Å². The molecule has 0 amide bonds. The van der Waals surface area contributed by atoms with Gasteiger partial charge in [-0.1, -0.05) is 6.07 Å². The zero-order valence-corrected chi connectivity index (χ0v) is 9.86. The maximum atomic E-state index is 12.9. The Morgan fingerprint density at radius 1 is 1.65 bits per heavy atom. The predicted octanol–water partition coefficient (Wildman–Crippen LogP) is 1.83. The van der Waals surface area contributed by atoms with Crippen molar-refractivity contribution in [3.63, 3.8) is 0 Å². The van der Waals surface area contributed by atoms with Crippen LogP contribution in [0.4, 0.5) is 10.2 Å². The van der Waals surface area contributed by atoms with Crippen molar-refractivity contribution in [3.05, 3.63) is 24.1 Å². The normalized spacial score (nSPS) is 21.4. The molecule has 5 heteroatoms. The van der Waals surface area contributed by atoms with Crippen molar-refractivity contribution in [2.24, 2.45) is 0 Å². The minimum Gasteiger partial charge on any atom is -0.379 e. The highest BCUT2D eigenvalue weighted by Gasteiger charge is 2.16. The average molecular weight is 240 g/mol. The van der Waals surface area contributed by atoms with Crippen LogP contribution in [0.25, 0.3) is 0 Å². The number of pyridine rings is 1. The van der Waals surface area contributed by atoms with Crippen molar-refractivity contribution in [2.45, 2.75) is 25.5 Å². The Morgan fingerprint density at radius 2 is 2.53 bits per heavy atom. The van der Waals surface area contributed by atoms with Crippen LogP contribution < -0.4 is 5.32 Å². The van der Waals surface area contributed by atoms with E-state index in [9.17, 15) is 4.39 Å². The van der Waals surface area contributed by atoms with Crippen LogP contribution in [0.2, 0.25) is 0 Å². The molecule has 94 valence electrons. The minimum atomic E-state index is -0.479. The van der Waals surface area contributed by atoms with Gasteiger partial charge in [-0.15, -0.1) is 0 Å². The first-order chi connectivity index (χ1) is 8.24. The largest absolute Gasteiger partial charge is 0.379 e. The molecular formula is C12H17FN2O2. The minimum absolute atomic E-state index is 0.0879. The molecule has 1 aliphatic heterocycles. The summed E-state index contributed by atoms with van der Waals surface area (Å²) >= 11 is 0. The topological polar surface area (TPSA) is 43.4 Å². The van der Waals surface area contributed by atoms with E-state index in [4.69, 9.17) is 9.47 Å². The van der Waals surface area contributed by atoms with Crippen LogP contribution in [0.5, 0.6) is 0 Å². The van der Waals surface area contributed by atoms with Crippen molar-refractivity contribution >= 4 is 5.82 Å². The molecule has 4 nitrogen and oxygen atoms in total. The van der Waals surface area contributed by atoms with Crippen LogP contribution in [0.1, 0.15) is 13.3 Å². The Hall–Kier alpha value is -1.20. The number of hydrogen-bond acceptors (Lipinski definition) is 4. The fourth-order valence-electron chi connectivity index (χ4n) is 1.71. The summed E-state index contributed by atoms with van der Waals surface area (Å²) in [5.41, 5.74) is 0. The molecule has 1 saturated heterocycles. The summed E-state index contributed by atoms with van der Waals surface area (Å²) in [7, 11) is 0. The van der Waals surface area contributed by atoms with Crippen LogP contribution in [-0.4, -0.2) is 37.0 Å². The summed E-state index contributed by atoms with van der Waals surface area (Å²) in [4.78, 5) is 3.73. The van der Waals surface area contributed by atoms with Gasteiger partial charge in [0.1, 0.15) is 5.82 Å². The monoisotopic (exact) mass is 240 g/mol. The fraction of sp³-hybridized carbons (Fsp3) is 0.583.